The number of sulfonamides is 1. The molecule has 32 heavy (non-hydrogen) atoms. The van der Waals surface area contributed by atoms with Gasteiger partial charge in [-0.15, -0.1) is 0 Å². The lowest BCUT2D eigenvalue weighted by Crippen LogP contribution is -2.38. The van der Waals surface area contributed by atoms with Crippen molar-refractivity contribution in [2.45, 2.75) is 44.0 Å². The lowest BCUT2D eigenvalue weighted by molar-refractivity contribution is -0.385. The van der Waals surface area contributed by atoms with Gasteiger partial charge < -0.3 is 14.0 Å². The Hall–Kier alpha value is -2.34. The summed E-state index contributed by atoms with van der Waals surface area (Å²) in [7, 11) is -3.81. The molecule has 0 aliphatic carbocycles. The molecule has 1 aliphatic heterocycles. The first-order valence-corrected chi connectivity index (χ1v) is 12.2. The fourth-order valence-corrected chi connectivity index (χ4v) is 5.58. The van der Waals surface area contributed by atoms with Gasteiger partial charge in [0.1, 0.15) is 5.82 Å². The van der Waals surface area contributed by atoms with E-state index < -0.39 is 14.9 Å². The summed E-state index contributed by atoms with van der Waals surface area (Å²) >= 11 is 0. The summed E-state index contributed by atoms with van der Waals surface area (Å²) in [5.41, 5.74) is 0.271. The highest BCUT2D eigenvalue weighted by molar-refractivity contribution is 7.89. The predicted molar refractivity (Wildman–Crippen MR) is 118 cm³/mol. The predicted octanol–water partition coefficient (Wildman–Crippen LogP) is 2.72. The number of non-ortho nitro benzene ring substituents is 1. The minimum Gasteiger partial charge on any atom is -0.379 e. The zero-order valence-electron chi connectivity index (χ0n) is 18.5. The Bertz CT molecular complexity index is 1020. The van der Waals surface area contributed by atoms with E-state index in [4.69, 9.17) is 9.47 Å². The molecule has 0 amide bonds. The molecule has 0 spiro atoms. The molecule has 10 nitrogen and oxygen atoms in total. The number of nitrogens with zero attached hydrogens (tertiary/aromatic N) is 4. The Morgan fingerprint density at radius 3 is 2.59 bits per heavy atom. The lowest BCUT2D eigenvalue weighted by atomic mass is 9.97. The van der Waals surface area contributed by atoms with E-state index in [-0.39, 0.29) is 16.5 Å². The van der Waals surface area contributed by atoms with Crippen LogP contribution in [0.2, 0.25) is 0 Å². The van der Waals surface area contributed by atoms with E-state index in [1.807, 2.05) is 13.1 Å². The molecule has 1 fully saturated rings. The van der Waals surface area contributed by atoms with Gasteiger partial charge in [0, 0.05) is 56.7 Å². The molecule has 1 saturated heterocycles. The Labute approximate surface area is 188 Å². The maximum Gasteiger partial charge on any atom is 0.270 e. The number of piperidine rings is 1. The monoisotopic (exact) mass is 466 g/mol. The van der Waals surface area contributed by atoms with Crippen LogP contribution in [0.1, 0.15) is 37.1 Å². The van der Waals surface area contributed by atoms with Crippen molar-refractivity contribution in [3.63, 3.8) is 0 Å². The molecular formula is C21H30N4O6S. The molecule has 2 heterocycles. The minimum atomic E-state index is -3.81. The fourth-order valence-electron chi connectivity index (χ4n) is 3.87. The highest BCUT2D eigenvalue weighted by Gasteiger charge is 2.33. The Morgan fingerprint density at radius 2 is 1.91 bits per heavy atom. The summed E-state index contributed by atoms with van der Waals surface area (Å²) in [6, 6.07) is 3.95. The van der Waals surface area contributed by atoms with Gasteiger partial charge in [-0.05, 0) is 32.3 Å². The number of aromatic nitrogens is 2. The summed E-state index contributed by atoms with van der Waals surface area (Å²) in [5.74, 6) is 1.08. The molecule has 0 atom stereocenters. The first-order valence-electron chi connectivity index (χ1n) is 10.8. The summed E-state index contributed by atoms with van der Waals surface area (Å²) < 4.78 is 40.6. The molecule has 2 aromatic rings. The Morgan fingerprint density at radius 1 is 1.19 bits per heavy atom. The van der Waals surface area contributed by atoms with Crippen molar-refractivity contribution in [1.29, 1.82) is 0 Å². The molecule has 176 valence electrons. The van der Waals surface area contributed by atoms with Crippen LogP contribution in [0.3, 0.4) is 0 Å². The molecule has 0 bridgehead atoms. The molecule has 3 rings (SSSR count). The average molecular weight is 467 g/mol. The van der Waals surface area contributed by atoms with Crippen LogP contribution in [0.25, 0.3) is 0 Å². The first kappa shape index (κ1) is 24.3. The molecule has 0 unspecified atom stereocenters. The van der Waals surface area contributed by atoms with Gasteiger partial charge in [-0.25, -0.2) is 13.4 Å². The van der Waals surface area contributed by atoms with Crippen molar-refractivity contribution in [3.8, 4) is 0 Å². The van der Waals surface area contributed by atoms with Gasteiger partial charge in [0.25, 0.3) is 5.69 Å². The second-order valence-corrected chi connectivity index (χ2v) is 9.58. The fraction of sp³-hybridized carbons (Fsp3) is 0.571. The van der Waals surface area contributed by atoms with Crippen molar-refractivity contribution in [3.05, 3.63) is 52.1 Å². The van der Waals surface area contributed by atoms with Crippen molar-refractivity contribution in [2.24, 2.45) is 0 Å². The SMILES string of the molecule is CCOCCOCCn1ccnc1C1CCN(S(=O)(=O)c2cc([N+](=O)[O-])ccc2C)CC1. The maximum atomic E-state index is 13.1. The Balaban J connectivity index is 1.61. The second-order valence-electron chi connectivity index (χ2n) is 7.67. The third-order valence-electron chi connectivity index (χ3n) is 5.62. The molecule has 1 aromatic heterocycles. The molecule has 1 aliphatic rings. The number of benzene rings is 1. The van der Waals surface area contributed by atoms with Gasteiger partial charge in [0.2, 0.25) is 10.0 Å². The standard InChI is InChI=1S/C21H30N4O6S/c1-3-30-14-15-31-13-12-23-11-8-22-21(23)18-6-9-24(10-7-18)32(28,29)20-16-19(25(26)27)5-4-17(20)2/h4-5,8,11,16,18H,3,6-7,9-10,12-15H2,1-2H3. The van der Waals surface area contributed by atoms with Gasteiger partial charge in [-0.2, -0.15) is 4.31 Å². The largest absolute Gasteiger partial charge is 0.379 e. The normalized spacial score (nSPS) is 15.8. The zero-order valence-corrected chi connectivity index (χ0v) is 19.3. The van der Waals surface area contributed by atoms with Crippen molar-refractivity contribution in [2.75, 3.05) is 39.5 Å². The summed E-state index contributed by atoms with van der Waals surface area (Å²) in [5, 5.41) is 11.1. The number of ether oxygens (including phenoxy) is 2. The quantitative estimate of drug-likeness (QED) is 0.284. The third kappa shape index (κ3) is 5.71. The van der Waals surface area contributed by atoms with Gasteiger partial charge in [0.05, 0.1) is 29.6 Å². The summed E-state index contributed by atoms with van der Waals surface area (Å²) in [6.07, 6.45) is 4.94. The number of hydrogen-bond donors (Lipinski definition) is 0. The van der Waals surface area contributed by atoms with Crippen LogP contribution in [-0.4, -0.2) is 66.7 Å². The summed E-state index contributed by atoms with van der Waals surface area (Å²) in [4.78, 5) is 15.0. The number of hydrogen-bond acceptors (Lipinski definition) is 7. The van der Waals surface area contributed by atoms with E-state index >= 15 is 0 Å². The molecular weight excluding hydrogens is 436 g/mol. The van der Waals surface area contributed by atoms with E-state index in [0.29, 0.717) is 64.5 Å². The number of rotatable bonds is 11. The number of aryl methyl sites for hydroxylation is 1. The van der Waals surface area contributed by atoms with Gasteiger partial charge in [0.15, 0.2) is 0 Å². The van der Waals surface area contributed by atoms with Crippen molar-refractivity contribution in [1.82, 2.24) is 13.9 Å². The van der Waals surface area contributed by atoms with Crippen LogP contribution < -0.4 is 0 Å². The van der Waals surface area contributed by atoms with E-state index in [2.05, 4.69) is 9.55 Å². The van der Waals surface area contributed by atoms with E-state index in [0.717, 1.165) is 11.9 Å². The van der Waals surface area contributed by atoms with Crippen LogP contribution in [0.5, 0.6) is 0 Å². The van der Waals surface area contributed by atoms with Gasteiger partial charge >= 0.3 is 0 Å². The number of nitro groups is 1. The second kappa shape index (κ2) is 11.0. The minimum absolute atomic E-state index is 0.00384. The summed E-state index contributed by atoms with van der Waals surface area (Å²) in [6.45, 7) is 7.29. The average Bonchev–Trinajstić information content (AvgIpc) is 3.25. The highest BCUT2D eigenvalue weighted by Crippen LogP contribution is 2.31. The van der Waals surface area contributed by atoms with Crippen molar-refractivity contribution < 1.29 is 22.8 Å². The van der Waals surface area contributed by atoms with Gasteiger partial charge in [-0.3, -0.25) is 10.1 Å². The van der Waals surface area contributed by atoms with E-state index in [1.54, 1.807) is 13.1 Å². The zero-order chi connectivity index (χ0) is 23.1. The van der Waals surface area contributed by atoms with E-state index in [1.165, 1.54) is 16.4 Å². The highest BCUT2D eigenvalue weighted by atomic mass is 32.2. The molecule has 11 heteroatoms. The molecule has 1 aromatic carbocycles. The van der Waals surface area contributed by atoms with Crippen LogP contribution in [-0.2, 0) is 26.0 Å². The smallest absolute Gasteiger partial charge is 0.270 e. The van der Waals surface area contributed by atoms with Crippen LogP contribution in [0.15, 0.2) is 35.5 Å². The topological polar surface area (TPSA) is 117 Å². The Kier molecular flexibility index (Phi) is 8.35. The maximum absolute atomic E-state index is 13.1. The van der Waals surface area contributed by atoms with Crippen LogP contribution in [0, 0.1) is 17.0 Å². The lowest BCUT2D eigenvalue weighted by Gasteiger charge is -2.31. The number of nitro benzene ring substituents is 1. The molecule has 0 radical (unpaired) electrons. The van der Waals surface area contributed by atoms with Crippen LogP contribution in [0.4, 0.5) is 5.69 Å². The van der Waals surface area contributed by atoms with Crippen LogP contribution >= 0.6 is 0 Å². The van der Waals surface area contributed by atoms with Crippen molar-refractivity contribution >= 4 is 15.7 Å². The van der Waals surface area contributed by atoms with E-state index in [9.17, 15) is 18.5 Å². The third-order valence-corrected chi connectivity index (χ3v) is 7.66. The number of imidazole rings is 1. The molecule has 0 saturated carbocycles. The van der Waals surface area contributed by atoms with Gasteiger partial charge in [-0.1, -0.05) is 6.07 Å². The molecule has 0 N–H and O–H groups in total. The first-order chi connectivity index (χ1) is 15.3.